The van der Waals surface area contributed by atoms with Gasteiger partial charge in [-0.15, -0.1) is 6.58 Å². The molecular formula is C10H10ClNO. The second-order valence-electron chi connectivity index (χ2n) is 2.65. The van der Waals surface area contributed by atoms with E-state index in [0.717, 1.165) is 24.7 Å². The van der Waals surface area contributed by atoms with Crippen LogP contribution in [0.2, 0.25) is 5.15 Å². The van der Waals surface area contributed by atoms with Crippen molar-refractivity contribution in [3.05, 3.63) is 41.2 Å². The average molecular weight is 196 g/mol. The summed E-state index contributed by atoms with van der Waals surface area (Å²) in [6, 6.07) is 1.72. The van der Waals surface area contributed by atoms with Gasteiger partial charge in [-0.25, -0.2) is 4.98 Å². The summed E-state index contributed by atoms with van der Waals surface area (Å²) in [7, 11) is 0. The summed E-state index contributed by atoms with van der Waals surface area (Å²) in [6.45, 7) is 3.62. The Bertz CT molecular complexity index is 323. The van der Waals surface area contributed by atoms with E-state index < -0.39 is 0 Å². The smallest absolute Gasteiger partial charge is 0.151 e. The van der Waals surface area contributed by atoms with E-state index in [1.54, 1.807) is 6.07 Å². The minimum absolute atomic E-state index is 0.421. The van der Waals surface area contributed by atoms with Crippen molar-refractivity contribution in [3.63, 3.8) is 0 Å². The Morgan fingerprint density at radius 1 is 1.62 bits per heavy atom. The molecule has 2 nitrogen and oxygen atoms in total. The van der Waals surface area contributed by atoms with Crippen LogP contribution >= 0.6 is 11.6 Å². The summed E-state index contributed by atoms with van der Waals surface area (Å²) >= 11 is 5.70. The number of hydrogen-bond acceptors (Lipinski definition) is 2. The molecule has 0 aliphatic carbocycles. The van der Waals surface area contributed by atoms with Crippen LogP contribution in [0.1, 0.15) is 22.3 Å². The van der Waals surface area contributed by atoms with Crippen LogP contribution < -0.4 is 0 Å². The fraction of sp³-hybridized carbons (Fsp3) is 0.200. The normalized spacial score (nSPS) is 9.62. The molecule has 0 atom stereocenters. The molecule has 0 bridgehead atoms. The maximum atomic E-state index is 10.6. The summed E-state index contributed by atoms with van der Waals surface area (Å²) in [5, 5.41) is 0.421. The van der Waals surface area contributed by atoms with Gasteiger partial charge in [0.25, 0.3) is 0 Å². The number of aldehydes is 1. The number of aromatic nitrogens is 1. The van der Waals surface area contributed by atoms with Crippen molar-refractivity contribution in [2.45, 2.75) is 12.8 Å². The van der Waals surface area contributed by atoms with E-state index in [-0.39, 0.29) is 0 Å². The number of rotatable bonds is 4. The summed E-state index contributed by atoms with van der Waals surface area (Å²) < 4.78 is 0. The molecule has 0 aliphatic rings. The first-order valence-electron chi connectivity index (χ1n) is 3.98. The molecule has 13 heavy (non-hydrogen) atoms. The first-order chi connectivity index (χ1) is 6.27. The Hall–Kier alpha value is -1.15. The van der Waals surface area contributed by atoms with Crippen molar-refractivity contribution in [1.29, 1.82) is 0 Å². The summed E-state index contributed by atoms with van der Waals surface area (Å²) in [6.07, 6.45) is 5.71. The lowest BCUT2D eigenvalue weighted by Crippen LogP contribution is -1.94. The van der Waals surface area contributed by atoms with Gasteiger partial charge in [0.15, 0.2) is 6.29 Å². The zero-order valence-electron chi connectivity index (χ0n) is 7.16. The molecular weight excluding hydrogens is 186 g/mol. The fourth-order valence-corrected chi connectivity index (χ4v) is 1.24. The molecule has 0 aliphatic heterocycles. The maximum absolute atomic E-state index is 10.6. The third-order valence-corrected chi connectivity index (χ3v) is 1.94. The number of carbonyl (C=O) groups is 1. The quantitative estimate of drug-likeness (QED) is 0.420. The Labute approximate surface area is 82.3 Å². The second-order valence-corrected chi connectivity index (χ2v) is 3.04. The molecule has 1 heterocycles. The highest BCUT2D eigenvalue weighted by atomic mass is 35.5. The molecule has 3 heteroatoms. The Morgan fingerprint density at radius 2 is 2.38 bits per heavy atom. The van der Waals surface area contributed by atoms with Crippen LogP contribution in [0, 0.1) is 0 Å². The van der Waals surface area contributed by atoms with Crippen LogP contribution in [0.15, 0.2) is 24.9 Å². The molecule has 0 fully saturated rings. The first-order valence-corrected chi connectivity index (χ1v) is 4.36. The molecule has 1 rings (SSSR count). The Balaban J connectivity index is 2.93. The molecule has 1 aromatic heterocycles. The second kappa shape index (κ2) is 4.77. The molecule has 0 radical (unpaired) electrons. The van der Waals surface area contributed by atoms with Gasteiger partial charge in [0.2, 0.25) is 0 Å². The van der Waals surface area contributed by atoms with E-state index >= 15 is 0 Å². The lowest BCUT2D eigenvalue weighted by Gasteiger charge is -2.02. The highest BCUT2D eigenvalue weighted by molar-refractivity contribution is 6.29. The van der Waals surface area contributed by atoms with Crippen molar-refractivity contribution in [2.75, 3.05) is 0 Å². The molecule has 1 aromatic rings. The average Bonchev–Trinajstić information content (AvgIpc) is 2.15. The number of halogens is 1. The molecule has 0 unspecified atom stereocenters. The molecule has 0 aromatic carbocycles. The van der Waals surface area contributed by atoms with E-state index in [0.29, 0.717) is 10.7 Å². The van der Waals surface area contributed by atoms with Crippen LogP contribution in [-0.4, -0.2) is 11.3 Å². The number of allylic oxidation sites excluding steroid dienone is 1. The van der Waals surface area contributed by atoms with Gasteiger partial charge in [-0.1, -0.05) is 17.7 Å². The largest absolute Gasteiger partial charge is 0.298 e. The molecule has 0 saturated heterocycles. The van der Waals surface area contributed by atoms with E-state index in [4.69, 9.17) is 11.6 Å². The van der Waals surface area contributed by atoms with Gasteiger partial charge in [-0.05, 0) is 24.5 Å². The predicted octanol–water partition coefficient (Wildman–Crippen LogP) is 2.67. The van der Waals surface area contributed by atoms with Crippen molar-refractivity contribution < 1.29 is 4.79 Å². The van der Waals surface area contributed by atoms with Crippen LogP contribution in [0.25, 0.3) is 0 Å². The van der Waals surface area contributed by atoms with E-state index in [1.807, 2.05) is 6.08 Å². The summed E-state index contributed by atoms with van der Waals surface area (Å²) in [5.74, 6) is 0. The van der Waals surface area contributed by atoms with Crippen LogP contribution in [0.3, 0.4) is 0 Å². The number of hydrogen-bond donors (Lipinski definition) is 0. The molecule has 0 amide bonds. The van der Waals surface area contributed by atoms with Gasteiger partial charge in [-0.3, -0.25) is 4.79 Å². The zero-order valence-corrected chi connectivity index (χ0v) is 7.92. The monoisotopic (exact) mass is 195 g/mol. The summed E-state index contributed by atoms with van der Waals surface area (Å²) in [5.41, 5.74) is 1.53. The van der Waals surface area contributed by atoms with Crippen molar-refractivity contribution in [3.8, 4) is 0 Å². The van der Waals surface area contributed by atoms with Gasteiger partial charge >= 0.3 is 0 Å². The number of nitrogens with zero attached hydrogens (tertiary/aromatic N) is 1. The molecule has 68 valence electrons. The maximum Gasteiger partial charge on any atom is 0.151 e. The minimum Gasteiger partial charge on any atom is -0.298 e. The van der Waals surface area contributed by atoms with Crippen molar-refractivity contribution in [2.24, 2.45) is 0 Å². The predicted molar refractivity (Wildman–Crippen MR) is 53.2 cm³/mol. The lowest BCUT2D eigenvalue weighted by molar-refractivity contribution is 0.112. The number of pyridine rings is 1. The van der Waals surface area contributed by atoms with E-state index in [9.17, 15) is 4.79 Å². The van der Waals surface area contributed by atoms with Gasteiger partial charge in [0, 0.05) is 11.8 Å². The van der Waals surface area contributed by atoms with Gasteiger partial charge in [0.05, 0.1) is 0 Å². The van der Waals surface area contributed by atoms with Crippen LogP contribution in [0.4, 0.5) is 0 Å². The third-order valence-electron chi connectivity index (χ3n) is 1.74. The van der Waals surface area contributed by atoms with Crippen molar-refractivity contribution in [1.82, 2.24) is 4.98 Å². The Kier molecular flexibility index (Phi) is 3.65. The van der Waals surface area contributed by atoms with Gasteiger partial charge in [0.1, 0.15) is 5.15 Å². The van der Waals surface area contributed by atoms with Crippen LogP contribution in [0.5, 0.6) is 0 Å². The number of carbonyl (C=O) groups excluding carboxylic acids is 1. The zero-order chi connectivity index (χ0) is 9.68. The molecule has 0 spiro atoms. The van der Waals surface area contributed by atoms with E-state index in [1.165, 1.54) is 6.20 Å². The molecule has 0 saturated carbocycles. The highest BCUT2D eigenvalue weighted by Gasteiger charge is 2.02. The van der Waals surface area contributed by atoms with Gasteiger partial charge < -0.3 is 0 Å². The third kappa shape index (κ3) is 2.67. The van der Waals surface area contributed by atoms with E-state index in [2.05, 4.69) is 11.6 Å². The lowest BCUT2D eigenvalue weighted by atomic mass is 10.1. The Morgan fingerprint density at radius 3 is 3.00 bits per heavy atom. The highest BCUT2D eigenvalue weighted by Crippen LogP contribution is 2.13. The van der Waals surface area contributed by atoms with Crippen molar-refractivity contribution >= 4 is 17.9 Å². The fourth-order valence-electron chi connectivity index (χ4n) is 1.06. The van der Waals surface area contributed by atoms with Gasteiger partial charge in [-0.2, -0.15) is 0 Å². The SMILES string of the molecule is C=CCCc1cc(Cl)ncc1C=O. The van der Waals surface area contributed by atoms with Crippen LogP contribution in [-0.2, 0) is 6.42 Å². The first kappa shape index (κ1) is 9.93. The number of aryl methyl sites for hydroxylation is 1. The molecule has 0 N–H and O–H groups in total. The summed E-state index contributed by atoms with van der Waals surface area (Å²) in [4.78, 5) is 14.4. The standard InChI is InChI=1S/C10H10ClNO/c1-2-3-4-8-5-10(11)12-6-9(8)7-13/h2,5-7H,1,3-4H2. The minimum atomic E-state index is 0.421. The topological polar surface area (TPSA) is 30.0 Å².